The van der Waals surface area contributed by atoms with E-state index in [-0.39, 0.29) is 11.8 Å². The van der Waals surface area contributed by atoms with Gasteiger partial charge >= 0.3 is 0 Å². The molecular weight excluding hydrogens is 358 g/mol. The van der Waals surface area contributed by atoms with Gasteiger partial charge in [0.2, 0.25) is 11.8 Å². The van der Waals surface area contributed by atoms with Gasteiger partial charge in [-0.1, -0.05) is 17.7 Å². The number of aromatic nitrogens is 2. The standard InChI is InChI=1S/C18H16ClN3O2S/c19-15-5-1-3-12(9-15)18(23)22-7-2-4-13(10-22)16-20-21-17(24-16)14-6-8-25-11-14/h1,3,5-6,8-9,11,13H,2,4,7,10H2. The van der Waals surface area contributed by atoms with E-state index >= 15 is 0 Å². The lowest BCUT2D eigenvalue weighted by Crippen LogP contribution is -2.39. The van der Waals surface area contributed by atoms with Gasteiger partial charge in [-0.3, -0.25) is 4.79 Å². The molecule has 5 nitrogen and oxygen atoms in total. The van der Waals surface area contributed by atoms with Gasteiger partial charge in [0, 0.05) is 34.6 Å². The molecule has 3 aromatic rings. The first-order valence-electron chi connectivity index (χ1n) is 8.11. The molecule has 1 aliphatic heterocycles. The van der Waals surface area contributed by atoms with Crippen LogP contribution in [0, 0.1) is 0 Å². The van der Waals surface area contributed by atoms with Crippen LogP contribution in [0.1, 0.15) is 35.0 Å². The molecule has 0 saturated carbocycles. The van der Waals surface area contributed by atoms with Crippen LogP contribution in [0.4, 0.5) is 0 Å². The Hall–Kier alpha value is -2.18. The van der Waals surface area contributed by atoms with Gasteiger partial charge in [0.15, 0.2) is 0 Å². The SMILES string of the molecule is O=C(c1cccc(Cl)c1)N1CCCC(c2nnc(-c3ccsc3)o2)C1. The van der Waals surface area contributed by atoms with Crippen molar-refractivity contribution >= 4 is 28.8 Å². The smallest absolute Gasteiger partial charge is 0.253 e. The summed E-state index contributed by atoms with van der Waals surface area (Å²) in [4.78, 5) is 14.6. The van der Waals surface area contributed by atoms with Crippen molar-refractivity contribution in [3.8, 4) is 11.5 Å². The molecule has 0 bridgehead atoms. The molecule has 3 heterocycles. The molecule has 1 aromatic carbocycles. The Morgan fingerprint density at radius 2 is 2.24 bits per heavy atom. The minimum atomic E-state index is -0.00947. The van der Waals surface area contributed by atoms with Gasteiger partial charge in [0.1, 0.15) is 0 Å². The van der Waals surface area contributed by atoms with Crippen molar-refractivity contribution in [1.29, 1.82) is 0 Å². The van der Waals surface area contributed by atoms with Crippen LogP contribution in [0.15, 0.2) is 45.5 Å². The summed E-state index contributed by atoms with van der Waals surface area (Å²) in [6.45, 7) is 1.31. The largest absolute Gasteiger partial charge is 0.420 e. The quantitative estimate of drug-likeness (QED) is 0.679. The van der Waals surface area contributed by atoms with E-state index in [0.717, 1.165) is 24.9 Å². The zero-order chi connectivity index (χ0) is 17.2. The maximum absolute atomic E-state index is 12.7. The summed E-state index contributed by atoms with van der Waals surface area (Å²) in [7, 11) is 0. The van der Waals surface area contributed by atoms with Crippen LogP contribution in [-0.4, -0.2) is 34.1 Å². The van der Waals surface area contributed by atoms with Crippen molar-refractivity contribution < 1.29 is 9.21 Å². The number of nitrogens with zero attached hydrogens (tertiary/aromatic N) is 3. The lowest BCUT2D eigenvalue weighted by molar-refractivity contribution is 0.0698. The minimum absolute atomic E-state index is 0.00947. The summed E-state index contributed by atoms with van der Waals surface area (Å²) in [5.74, 6) is 1.20. The molecule has 0 spiro atoms. The molecule has 1 atom stereocenters. The van der Waals surface area contributed by atoms with E-state index in [2.05, 4.69) is 10.2 Å². The first kappa shape index (κ1) is 16.3. The molecule has 1 saturated heterocycles. The van der Waals surface area contributed by atoms with Crippen molar-refractivity contribution in [2.24, 2.45) is 0 Å². The third kappa shape index (κ3) is 3.45. The van der Waals surface area contributed by atoms with Crippen molar-refractivity contribution in [2.75, 3.05) is 13.1 Å². The van der Waals surface area contributed by atoms with Crippen LogP contribution in [0.3, 0.4) is 0 Å². The molecule has 0 radical (unpaired) electrons. The van der Waals surface area contributed by atoms with Gasteiger partial charge in [-0.05, 0) is 42.5 Å². The number of carbonyl (C=O) groups is 1. The van der Waals surface area contributed by atoms with Crippen molar-refractivity contribution in [1.82, 2.24) is 15.1 Å². The van der Waals surface area contributed by atoms with E-state index in [0.29, 0.717) is 28.9 Å². The zero-order valence-electron chi connectivity index (χ0n) is 13.4. The summed E-state index contributed by atoms with van der Waals surface area (Å²) >= 11 is 7.59. The number of hydrogen-bond donors (Lipinski definition) is 0. The van der Waals surface area contributed by atoms with E-state index in [1.165, 1.54) is 0 Å². The van der Waals surface area contributed by atoms with Gasteiger partial charge in [0.05, 0.1) is 5.92 Å². The fourth-order valence-electron chi connectivity index (χ4n) is 3.07. The van der Waals surface area contributed by atoms with E-state index < -0.39 is 0 Å². The Labute approximate surface area is 154 Å². The average Bonchev–Trinajstić information content (AvgIpc) is 3.32. The second-order valence-electron chi connectivity index (χ2n) is 6.06. The summed E-state index contributed by atoms with van der Waals surface area (Å²) < 4.78 is 5.85. The van der Waals surface area contributed by atoms with Crippen molar-refractivity contribution in [3.63, 3.8) is 0 Å². The van der Waals surface area contributed by atoms with E-state index in [1.54, 1.807) is 35.6 Å². The molecule has 2 aromatic heterocycles. The van der Waals surface area contributed by atoms with Gasteiger partial charge in [0.25, 0.3) is 5.91 Å². The van der Waals surface area contributed by atoms with Crippen LogP contribution in [-0.2, 0) is 0 Å². The number of amides is 1. The first-order chi connectivity index (χ1) is 12.2. The second kappa shape index (κ2) is 6.98. The maximum Gasteiger partial charge on any atom is 0.253 e. The fourth-order valence-corrected chi connectivity index (χ4v) is 3.89. The highest BCUT2D eigenvalue weighted by molar-refractivity contribution is 7.08. The molecular formula is C18H16ClN3O2S. The van der Waals surface area contributed by atoms with Crippen LogP contribution >= 0.6 is 22.9 Å². The van der Waals surface area contributed by atoms with E-state index in [9.17, 15) is 4.79 Å². The van der Waals surface area contributed by atoms with Gasteiger partial charge < -0.3 is 9.32 Å². The number of halogens is 1. The van der Waals surface area contributed by atoms with Crippen LogP contribution < -0.4 is 0 Å². The number of benzene rings is 1. The number of hydrogen-bond acceptors (Lipinski definition) is 5. The predicted molar refractivity (Wildman–Crippen MR) is 96.9 cm³/mol. The van der Waals surface area contributed by atoms with Crippen molar-refractivity contribution in [3.05, 3.63) is 57.6 Å². The molecule has 1 unspecified atom stereocenters. The number of likely N-dealkylation sites (tertiary alicyclic amines) is 1. The lowest BCUT2D eigenvalue weighted by atomic mass is 9.97. The molecule has 0 aliphatic carbocycles. The third-order valence-electron chi connectivity index (χ3n) is 4.34. The predicted octanol–water partition coefficient (Wildman–Crippen LogP) is 4.47. The molecule has 128 valence electrons. The highest BCUT2D eigenvalue weighted by Crippen LogP contribution is 2.29. The van der Waals surface area contributed by atoms with Gasteiger partial charge in [-0.25, -0.2) is 0 Å². The molecule has 1 aliphatic rings. The topological polar surface area (TPSA) is 59.2 Å². The fraction of sp³-hybridized carbons (Fsp3) is 0.278. The molecule has 0 N–H and O–H groups in total. The minimum Gasteiger partial charge on any atom is -0.420 e. The lowest BCUT2D eigenvalue weighted by Gasteiger charge is -2.31. The first-order valence-corrected chi connectivity index (χ1v) is 9.43. The molecule has 1 amide bonds. The van der Waals surface area contributed by atoms with E-state index in [4.69, 9.17) is 16.0 Å². The Kier molecular flexibility index (Phi) is 4.55. The molecule has 7 heteroatoms. The molecule has 1 fully saturated rings. The third-order valence-corrected chi connectivity index (χ3v) is 5.26. The van der Waals surface area contributed by atoms with Crippen molar-refractivity contribution in [2.45, 2.75) is 18.8 Å². The Balaban J connectivity index is 1.50. The number of carbonyl (C=O) groups excluding carboxylic acids is 1. The Bertz CT molecular complexity index is 878. The molecule has 25 heavy (non-hydrogen) atoms. The number of rotatable bonds is 3. The van der Waals surface area contributed by atoms with Gasteiger partial charge in [-0.2, -0.15) is 11.3 Å². The average molecular weight is 374 g/mol. The normalized spacial score (nSPS) is 17.6. The number of piperidine rings is 1. The zero-order valence-corrected chi connectivity index (χ0v) is 15.0. The summed E-state index contributed by atoms with van der Waals surface area (Å²) in [6, 6.07) is 9.01. The highest BCUT2D eigenvalue weighted by atomic mass is 35.5. The number of thiophene rings is 1. The van der Waals surface area contributed by atoms with E-state index in [1.807, 2.05) is 21.7 Å². The van der Waals surface area contributed by atoms with Gasteiger partial charge in [-0.15, -0.1) is 10.2 Å². The summed E-state index contributed by atoms with van der Waals surface area (Å²) in [6.07, 6.45) is 1.84. The maximum atomic E-state index is 12.7. The second-order valence-corrected chi connectivity index (χ2v) is 7.27. The van der Waals surface area contributed by atoms with Crippen LogP contribution in [0.5, 0.6) is 0 Å². The van der Waals surface area contributed by atoms with Crippen LogP contribution in [0.25, 0.3) is 11.5 Å². The monoisotopic (exact) mass is 373 g/mol. The summed E-state index contributed by atoms with van der Waals surface area (Å²) in [5.41, 5.74) is 1.55. The summed E-state index contributed by atoms with van der Waals surface area (Å²) in [5, 5.41) is 12.9. The highest BCUT2D eigenvalue weighted by Gasteiger charge is 2.29. The Morgan fingerprint density at radius 3 is 3.04 bits per heavy atom. The van der Waals surface area contributed by atoms with Crippen LogP contribution in [0.2, 0.25) is 5.02 Å². The molecule has 4 rings (SSSR count). The Morgan fingerprint density at radius 1 is 1.32 bits per heavy atom.